The molecule has 3 rings (SSSR count). The summed E-state index contributed by atoms with van der Waals surface area (Å²) >= 11 is 1.28. The van der Waals surface area contributed by atoms with Crippen molar-refractivity contribution in [1.29, 1.82) is 0 Å². The van der Waals surface area contributed by atoms with Crippen LogP contribution in [0.1, 0.15) is 29.4 Å². The first-order chi connectivity index (χ1) is 10.2. The zero-order valence-electron chi connectivity index (χ0n) is 11.6. The zero-order valence-corrected chi connectivity index (χ0v) is 12.4. The van der Waals surface area contributed by atoms with E-state index in [1.807, 2.05) is 0 Å². The van der Waals surface area contributed by atoms with Crippen molar-refractivity contribution >= 4 is 23.1 Å². The minimum absolute atomic E-state index is 0.396. The van der Waals surface area contributed by atoms with Crippen LogP contribution in [0, 0.1) is 0 Å². The number of rotatable bonds is 4. The highest BCUT2D eigenvalue weighted by Gasteiger charge is 2.17. The van der Waals surface area contributed by atoms with Gasteiger partial charge in [0, 0.05) is 6.20 Å². The molecule has 3 aromatic rings. The van der Waals surface area contributed by atoms with Gasteiger partial charge in [0.2, 0.25) is 0 Å². The number of hydrogen-bond acceptors (Lipinski definition) is 7. The summed E-state index contributed by atoms with van der Waals surface area (Å²) in [6.45, 7) is 2.08. The highest BCUT2D eigenvalue weighted by atomic mass is 32.1. The van der Waals surface area contributed by atoms with E-state index in [0.29, 0.717) is 17.0 Å². The van der Waals surface area contributed by atoms with Gasteiger partial charge in [-0.1, -0.05) is 17.8 Å². The summed E-state index contributed by atoms with van der Waals surface area (Å²) in [4.78, 5) is 12.5. The lowest BCUT2D eigenvalue weighted by atomic mass is 10.2. The third-order valence-corrected chi connectivity index (χ3v) is 3.83. The molecule has 0 saturated carbocycles. The molecule has 108 valence electrons. The van der Waals surface area contributed by atoms with Crippen LogP contribution in [0.2, 0.25) is 0 Å². The lowest BCUT2D eigenvalue weighted by molar-refractivity contribution is 0.0600. The Balaban J connectivity index is 2.14. The molecule has 0 saturated heterocycles. The molecule has 0 unspecified atom stereocenters. The molecule has 0 aromatic carbocycles. The van der Waals surface area contributed by atoms with Crippen molar-refractivity contribution in [2.75, 3.05) is 7.11 Å². The number of fused-ring (bicyclic) bond motifs is 1. The molecule has 0 amide bonds. The Kier molecular flexibility index (Phi) is 3.61. The molecule has 7 nitrogen and oxygen atoms in total. The normalized spacial score (nSPS) is 11.0. The van der Waals surface area contributed by atoms with E-state index in [4.69, 9.17) is 4.74 Å². The predicted molar refractivity (Wildman–Crippen MR) is 77.2 cm³/mol. The highest BCUT2D eigenvalue weighted by Crippen LogP contribution is 2.26. The number of esters is 1. The number of nitrogens with zero attached hydrogens (tertiary/aromatic N) is 5. The standard InChI is InChI=1S/C13H13N5O2S/c1-3-4-9-11(21-17-14-9)12-16-15-10-6-5-8(7-18(10)12)13(19)20-2/h5-7H,3-4H2,1-2H3. The average molecular weight is 303 g/mol. The second kappa shape index (κ2) is 5.57. The second-order valence-electron chi connectivity index (χ2n) is 4.46. The van der Waals surface area contributed by atoms with Crippen molar-refractivity contribution in [3.8, 4) is 10.7 Å². The van der Waals surface area contributed by atoms with Crippen LogP contribution in [0.25, 0.3) is 16.3 Å². The van der Waals surface area contributed by atoms with E-state index >= 15 is 0 Å². The topological polar surface area (TPSA) is 82.3 Å². The molecule has 0 aliphatic heterocycles. The fourth-order valence-electron chi connectivity index (χ4n) is 2.06. The minimum atomic E-state index is -0.396. The van der Waals surface area contributed by atoms with Gasteiger partial charge in [-0.05, 0) is 30.1 Å². The highest BCUT2D eigenvalue weighted by molar-refractivity contribution is 7.09. The largest absolute Gasteiger partial charge is 0.465 e. The first-order valence-corrected chi connectivity index (χ1v) is 7.26. The van der Waals surface area contributed by atoms with Gasteiger partial charge in [0.05, 0.1) is 18.4 Å². The van der Waals surface area contributed by atoms with Crippen molar-refractivity contribution in [3.05, 3.63) is 29.6 Å². The summed E-state index contributed by atoms with van der Waals surface area (Å²) in [5, 5.41) is 12.5. The van der Waals surface area contributed by atoms with Crippen molar-refractivity contribution < 1.29 is 9.53 Å². The molecular formula is C13H13N5O2S. The summed E-state index contributed by atoms with van der Waals surface area (Å²) in [5.74, 6) is 0.252. The average Bonchev–Trinajstić information content (AvgIpc) is 3.12. The quantitative estimate of drug-likeness (QED) is 0.685. The maximum absolute atomic E-state index is 11.6. The Labute approximate surface area is 124 Å². The van der Waals surface area contributed by atoms with E-state index in [0.717, 1.165) is 23.4 Å². The lowest BCUT2D eigenvalue weighted by Gasteiger charge is -2.02. The Morgan fingerprint density at radius 2 is 2.19 bits per heavy atom. The zero-order chi connectivity index (χ0) is 14.8. The van der Waals surface area contributed by atoms with Crippen LogP contribution in [-0.2, 0) is 11.2 Å². The van der Waals surface area contributed by atoms with Gasteiger partial charge in [-0.15, -0.1) is 15.3 Å². The minimum Gasteiger partial charge on any atom is -0.465 e. The maximum atomic E-state index is 11.6. The Morgan fingerprint density at radius 3 is 2.95 bits per heavy atom. The van der Waals surface area contributed by atoms with Gasteiger partial charge in [-0.25, -0.2) is 4.79 Å². The number of carbonyl (C=O) groups is 1. The monoisotopic (exact) mass is 303 g/mol. The van der Waals surface area contributed by atoms with Gasteiger partial charge in [0.15, 0.2) is 11.5 Å². The number of carbonyl (C=O) groups excluding carboxylic acids is 1. The number of ether oxygens (including phenoxy) is 1. The van der Waals surface area contributed by atoms with Gasteiger partial charge in [0.25, 0.3) is 0 Å². The molecule has 0 aliphatic carbocycles. The molecule has 0 N–H and O–H groups in total. The Hall–Kier alpha value is -2.35. The van der Waals surface area contributed by atoms with E-state index in [9.17, 15) is 4.79 Å². The molecule has 21 heavy (non-hydrogen) atoms. The maximum Gasteiger partial charge on any atom is 0.339 e. The molecule has 8 heteroatoms. The van der Waals surface area contributed by atoms with Gasteiger partial charge in [0.1, 0.15) is 4.88 Å². The molecule has 3 heterocycles. The van der Waals surface area contributed by atoms with Gasteiger partial charge >= 0.3 is 5.97 Å². The van der Waals surface area contributed by atoms with Crippen molar-refractivity contribution in [2.45, 2.75) is 19.8 Å². The third kappa shape index (κ3) is 2.38. The summed E-state index contributed by atoms with van der Waals surface area (Å²) < 4.78 is 10.5. The Bertz CT molecular complexity index is 795. The molecule has 0 bridgehead atoms. The molecule has 0 fully saturated rings. The van der Waals surface area contributed by atoms with E-state index in [1.54, 1.807) is 22.7 Å². The summed E-state index contributed by atoms with van der Waals surface area (Å²) in [5.41, 5.74) is 2.01. The van der Waals surface area contributed by atoms with E-state index in [2.05, 4.69) is 26.7 Å². The SMILES string of the molecule is CCCc1nnsc1-c1nnc2ccc(C(=O)OC)cn12. The number of hydrogen-bond donors (Lipinski definition) is 0. The summed E-state index contributed by atoms with van der Waals surface area (Å²) in [6.07, 6.45) is 3.48. The second-order valence-corrected chi connectivity index (χ2v) is 5.21. The molecule has 3 aromatic heterocycles. The predicted octanol–water partition coefficient (Wildman–Crippen LogP) is 1.99. The van der Waals surface area contributed by atoms with Crippen molar-refractivity contribution in [3.63, 3.8) is 0 Å². The van der Waals surface area contributed by atoms with Crippen LogP contribution in [0.5, 0.6) is 0 Å². The Morgan fingerprint density at radius 1 is 1.33 bits per heavy atom. The molecule has 0 aliphatic rings. The summed E-state index contributed by atoms with van der Waals surface area (Å²) in [7, 11) is 1.35. The van der Waals surface area contributed by atoms with Crippen LogP contribution in [0.15, 0.2) is 18.3 Å². The van der Waals surface area contributed by atoms with Gasteiger partial charge in [-0.3, -0.25) is 4.40 Å². The van der Waals surface area contributed by atoms with Crippen LogP contribution in [0.4, 0.5) is 0 Å². The van der Waals surface area contributed by atoms with E-state index < -0.39 is 5.97 Å². The smallest absolute Gasteiger partial charge is 0.339 e. The first kappa shape index (κ1) is 13.6. The third-order valence-electron chi connectivity index (χ3n) is 3.07. The number of pyridine rings is 1. The van der Waals surface area contributed by atoms with Crippen LogP contribution >= 0.6 is 11.5 Å². The molecule has 0 radical (unpaired) electrons. The van der Waals surface area contributed by atoms with E-state index in [-0.39, 0.29) is 0 Å². The van der Waals surface area contributed by atoms with Gasteiger partial charge < -0.3 is 4.74 Å². The summed E-state index contributed by atoms with van der Waals surface area (Å²) in [6, 6.07) is 3.40. The van der Waals surface area contributed by atoms with Crippen molar-refractivity contribution in [2.24, 2.45) is 0 Å². The first-order valence-electron chi connectivity index (χ1n) is 6.49. The molecule has 0 spiro atoms. The lowest BCUT2D eigenvalue weighted by Crippen LogP contribution is -2.03. The van der Waals surface area contributed by atoms with Crippen LogP contribution < -0.4 is 0 Å². The number of methoxy groups -OCH3 is 1. The number of aromatic nitrogens is 5. The molecular weight excluding hydrogens is 290 g/mol. The van der Waals surface area contributed by atoms with Crippen molar-refractivity contribution in [1.82, 2.24) is 24.2 Å². The van der Waals surface area contributed by atoms with Gasteiger partial charge in [-0.2, -0.15) is 0 Å². The number of aryl methyl sites for hydroxylation is 1. The van der Waals surface area contributed by atoms with Crippen LogP contribution in [-0.4, -0.2) is 37.3 Å². The van der Waals surface area contributed by atoms with E-state index in [1.165, 1.54) is 18.6 Å². The fourth-order valence-corrected chi connectivity index (χ4v) is 2.75. The van der Waals surface area contributed by atoms with Crippen LogP contribution in [0.3, 0.4) is 0 Å². The fraction of sp³-hybridized carbons (Fsp3) is 0.308. The molecule has 0 atom stereocenters.